The molecule has 29 heavy (non-hydrogen) atoms. The number of alkyl halides is 3. The van der Waals surface area contributed by atoms with Crippen LogP contribution in [0.2, 0.25) is 0 Å². The first-order valence-electron chi connectivity index (χ1n) is 8.04. The summed E-state index contributed by atoms with van der Waals surface area (Å²) in [6.45, 7) is 0. The van der Waals surface area contributed by atoms with Crippen molar-refractivity contribution < 1.29 is 30.8 Å². The number of hydrogen-bond acceptors (Lipinski definition) is 6. The van der Waals surface area contributed by atoms with Crippen molar-refractivity contribution in [3.8, 4) is 5.75 Å². The maximum absolute atomic E-state index is 12.7. The second kappa shape index (κ2) is 7.95. The Morgan fingerprint density at radius 3 is 2.55 bits per heavy atom. The van der Waals surface area contributed by atoms with Crippen molar-refractivity contribution in [3.05, 3.63) is 65.8 Å². The van der Waals surface area contributed by atoms with Gasteiger partial charge in [-0.2, -0.15) is 18.2 Å². The van der Waals surface area contributed by atoms with Gasteiger partial charge in [0.25, 0.3) is 10.0 Å². The van der Waals surface area contributed by atoms with Gasteiger partial charge in [-0.15, -0.1) is 0 Å². The first kappa shape index (κ1) is 20.4. The predicted octanol–water partition coefficient (Wildman–Crippen LogP) is 4.07. The Kier molecular flexibility index (Phi) is 5.59. The molecule has 11 heteroatoms. The fourth-order valence-corrected chi connectivity index (χ4v) is 3.43. The molecule has 0 bridgehead atoms. The number of ether oxygens (including phenoxy) is 1. The largest absolute Gasteiger partial charge is 0.495 e. The van der Waals surface area contributed by atoms with E-state index in [1.165, 1.54) is 37.5 Å². The molecule has 0 atom stereocenters. The molecular formula is C18H14F3N3O4S. The molecular weight excluding hydrogens is 411 g/mol. The summed E-state index contributed by atoms with van der Waals surface area (Å²) in [4.78, 5) is 3.16. The molecule has 1 N–H and O–H groups in total. The summed E-state index contributed by atoms with van der Waals surface area (Å²) in [7, 11) is -2.51. The molecule has 3 rings (SSSR count). The van der Waals surface area contributed by atoms with Gasteiger partial charge in [0.2, 0.25) is 0 Å². The Balaban J connectivity index is 1.82. The molecule has 2 aromatic carbocycles. The molecule has 152 valence electrons. The summed E-state index contributed by atoms with van der Waals surface area (Å²) in [6, 6.07) is 12.3. The maximum atomic E-state index is 12.7. The number of halogens is 3. The topological polar surface area (TPSA) is 94.3 Å². The third kappa shape index (κ3) is 4.93. The minimum Gasteiger partial charge on any atom is -0.495 e. The van der Waals surface area contributed by atoms with Crippen LogP contribution in [-0.4, -0.2) is 25.7 Å². The van der Waals surface area contributed by atoms with Crippen LogP contribution >= 0.6 is 0 Å². The highest BCUT2D eigenvalue weighted by molar-refractivity contribution is 7.92. The Morgan fingerprint density at radius 2 is 1.86 bits per heavy atom. The number of para-hydroxylation sites is 2. The van der Waals surface area contributed by atoms with Crippen LogP contribution in [0.3, 0.4) is 0 Å². The van der Waals surface area contributed by atoms with Crippen LogP contribution in [-0.2, 0) is 16.2 Å². The van der Waals surface area contributed by atoms with Crippen LogP contribution < -0.4 is 9.46 Å². The van der Waals surface area contributed by atoms with Gasteiger partial charge >= 0.3 is 12.1 Å². The van der Waals surface area contributed by atoms with Crippen molar-refractivity contribution in [2.75, 3.05) is 11.8 Å². The zero-order valence-electron chi connectivity index (χ0n) is 14.8. The van der Waals surface area contributed by atoms with Gasteiger partial charge in [0.1, 0.15) is 5.75 Å². The van der Waals surface area contributed by atoms with Gasteiger partial charge in [-0.1, -0.05) is 35.5 Å². The molecule has 0 unspecified atom stereocenters. The molecule has 0 saturated heterocycles. The van der Waals surface area contributed by atoms with Crippen molar-refractivity contribution in [2.24, 2.45) is 0 Å². The SMILES string of the molecule is COc1ccccc1NS(=O)(=O)c1cccc(C=Cc2noc(C(F)(F)F)n2)c1. The molecule has 0 radical (unpaired) electrons. The predicted molar refractivity (Wildman–Crippen MR) is 98.5 cm³/mol. The van der Waals surface area contributed by atoms with Gasteiger partial charge in [-0.3, -0.25) is 4.72 Å². The number of aromatic nitrogens is 2. The van der Waals surface area contributed by atoms with E-state index in [4.69, 9.17) is 4.74 Å². The summed E-state index contributed by atoms with van der Waals surface area (Å²) in [5, 5.41) is 3.21. The van der Waals surface area contributed by atoms with Crippen molar-refractivity contribution >= 4 is 27.9 Å². The molecule has 0 aliphatic rings. The summed E-state index contributed by atoms with van der Waals surface area (Å²) in [5.74, 6) is -1.41. The molecule has 0 amide bonds. The van der Waals surface area contributed by atoms with E-state index in [0.29, 0.717) is 11.3 Å². The quantitative estimate of drug-likeness (QED) is 0.640. The fraction of sp³-hybridized carbons (Fsp3) is 0.111. The maximum Gasteiger partial charge on any atom is 0.471 e. The van der Waals surface area contributed by atoms with E-state index in [1.807, 2.05) is 0 Å². The molecule has 0 saturated carbocycles. The van der Waals surface area contributed by atoms with Gasteiger partial charge in [0.05, 0.1) is 17.7 Å². The van der Waals surface area contributed by atoms with Crippen LogP contribution in [0.5, 0.6) is 5.75 Å². The lowest BCUT2D eigenvalue weighted by atomic mass is 10.2. The number of nitrogens with one attached hydrogen (secondary N) is 1. The minimum atomic E-state index is -4.74. The number of benzene rings is 2. The number of methoxy groups -OCH3 is 1. The van der Waals surface area contributed by atoms with Crippen LogP contribution in [0.1, 0.15) is 17.3 Å². The summed E-state index contributed by atoms with van der Waals surface area (Å²) in [6.07, 6.45) is -2.19. The van der Waals surface area contributed by atoms with Gasteiger partial charge in [0, 0.05) is 0 Å². The Labute approximate surface area is 163 Å². The Bertz CT molecular complexity index is 1140. The molecule has 0 aliphatic carbocycles. The van der Waals surface area contributed by atoms with Gasteiger partial charge in [-0.25, -0.2) is 8.42 Å². The summed E-state index contributed by atoms with van der Waals surface area (Å²) < 4.78 is 74.4. The molecule has 3 aromatic rings. The number of sulfonamides is 1. The summed E-state index contributed by atoms with van der Waals surface area (Å²) in [5.41, 5.74) is 0.675. The van der Waals surface area contributed by atoms with E-state index in [0.717, 1.165) is 0 Å². The van der Waals surface area contributed by atoms with Crippen molar-refractivity contribution in [1.82, 2.24) is 10.1 Å². The lowest BCUT2D eigenvalue weighted by Gasteiger charge is -2.11. The van der Waals surface area contributed by atoms with Gasteiger partial charge in [0.15, 0.2) is 5.82 Å². The average Bonchev–Trinajstić information content (AvgIpc) is 3.16. The number of hydrogen-bond donors (Lipinski definition) is 1. The second-order valence-corrected chi connectivity index (χ2v) is 7.35. The molecule has 0 spiro atoms. The first-order chi connectivity index (χ1) is 13.7. The van der Waals surface area contributed by atoms with Crippen LogP contribution in [0.4, 0.5) is 18.9 Å². The highest BCUT2D eigenvalue weighted by Crippen LogP contribution is 2.28. The van der Waals surface area contributed by atoms with E-state index in [9.17, 15) is 21.6 Å². The monoisotopic (exact) mass is 425 g/mol. The minimum absolute atomic E-state index is 0.0466. The van der Waals surface area contributed by atoms with E-state index in [-0.39, 0.29) is 16.4 Å². The average molecular weight is 425 g/mol. The third-order valence-electron chi connectivity index (χ3n) is 3.63. The number of nitrogens with zero attached hydrogens (tertiary/aromatic N) is 2. The zero-order valence-corrected chi connectivity index (χ0v) is 15.7. The summed E-state index contributed by atoms with van der Waals surface area (Å²) >= 11 is 0. The van der Waals surface area contributed by atoms with Crippen LogP contribution in [0, 0.1) is 0 Å². The third-order valence-corrected chi connectivity index (χ3v) is 4.99. The smallest absolute Gasteiger partial charge is 0.471 e. The Hall–Kier alpha value is -3.34. The molecule has 1 aromatic heterocycles. The van der Waals surface area contributed by atoms with Crippen molar-refractivity contribution in [3.63, 3.8) is 0 Å². The zero-order chi connectivity index (χ0) is 21.1. The lowest BCUT2D eigenvalue weighted by molar-refractivity contribution is -0.159. The first-order valence-corrected chi connectivity index (χ1v) is 9.52. The normalized spacial score (nSPS) is 12.3. The van der Waals surface area contributed by atoms with Crippen LogP contribution in [0.25, 0.3) is 12.2 Å². The molecule has 0 fully saturated rings. The van der Waals surface area contributed by atoms with Crippen LogP contribution in [0.15, 0.2) is 57.9 Å². The highest BCUT2D eigenvalue weighted by atomic mass is 32.2. The molecule has 1 heterocycles. The van der Waals surface area contributed by atoms with Crippen molar-refractivity contribution in [1.29, 1.82) is 0 Å². The molecule has 7 nitrogen and oxygen atoms in total. The molecule has 0 aliphatic heterocycles. The van der Waals surface area contributed by atoms with Gasteiger partial charge < -0.3 is 9.26 Å². The Morgan fingerprint density at radius 1 is 1.10 bits per heavy atom. The second-order valence-electron chi connectivity index (χ2n) is 5.67. The van der Waals surface area contributed by atoms with E-state index >= 15 is 0 Å². The number of anilines is 1. The van der Waals surface area contributed by atoms with E-state index < -0.39 is 22.1 Å². The van der Waals surface area contributed by atoms with E-state index in [2.05, 4.69) is 19.4 Å². The van der Waals surface area contributed by atoms with Crippen molar-refractivity contribution in [2.45, 2.75) is 11.1 Å². The highest BCUT2D eigenvalue weighted by Gasteiger charge is 2.38. The number of rotatable bonds is 6. The lowest BCUT2D eigenvalue weighted by Crippen LogP contribution is -2.13. The fourth-order valence-electron chi connectivity index (χ4n) is 2.31. The standard InChI is InChI=1S/C18H14F3N3O4S/c1-27-15-8-3-2-7-14(15)24-29(25,26)13-6-4-5-12(11-13)9-10-16-22-17(28-23-16)18(19,20)21/h2-11,24H,1H3. The van der Waals surface area contributed by atoms with E-state index in [1.54, 1.807) is 30.3 Å². The van der Waals surface area contributed by atoms with Gasteiger partial charge in [-0.05, 0) is 35.9 Å².